The molecular weight excluding hydrogens is 481 g/mol. The molecule has 162 valence electrons. The molecule has 0 bridgehead atoms. The molecule has 1 heterocycles. The van der Waals surface area contributed by atoms with Crippen LogP contribution in [0.4, 0.5) is 11.4 Å². The van der Waals surface area contributed by atoms with Crippen molar-refractivity contribution in [2.45, 2.75) is 18.5 Å². The number of thioether (sulfide) groups is 1. The van der Waals surface area contributed by atoms with Gasteiger partial charge in [-0.1, -0.05) is 52.6 Å². The highest BCUT2D eigenvalue weighted by Gasteiger charge is 2.15. The van der Waals surface area contributed by atoms with Crippen molar-refractivity contribution < 1.29 is 9.59 Å². The van der Waals surface area contributed by atoms with E-state index < -0.39 is 0 Å². The summed E-state index contributed by atoms with van der Waals surface area (Å²) in [6, 6.07) is 10.2. The maximum Gasteiger partial charge on any atom is 0.234 e. The lowest BCUT2D eigenvalue weighted by Crippen LogP contribution is -2.17. The van der Waals surface area contributed by atoms with Crippen molar-refractivity contribution in [3.8, 4) is 0 Å². The van der Waals surface area contributed by atoms with Crippen molar-refractivity contribution in [3.63, 3.8) is 0 Å². The summed E-state index contributed by atoms with van der Waals surface area (Å²) in [6.07, 6.45) is 0.0121. The Hall–Kier alpha value is -2.26. The monoisotopic (exact) mass is 497 g/mol. The van der Waals surface area contributed by atoms with Gasteiger partial charge in [0.25, 0.3) is 0 Å². The summed E-state index contributed by atoms with van der Waals surface area (Å²) in [5.41, 5.74) is 2.00. The van der Waals surface area contributed by atoms with Crippen LogP contribution >= 0.6 is 46.6 Å². The molecule has 0 unspecified atom stereocenters. The Balaban J connectivity index is 1.55. The van der Waals surface area contributed by atoms with E-state index in [1.165, 1.54) is 11.8 Å². The van der Waals surface area contributed by atoms with Crippen molar-refractivity contribution in [1.82, 2.24) is 14.8 Å². The molecular formula is C20H18Cl3N5O2S. The van der Waals surface area contributed by atoms with E-state index in [0.717, 1.165) is 5.56 Å². The summed E-state index contributed by atoms with van der Waals surface area (Å²) in [6.45, 7) is 1.84. The van der Waals surface area contributed by atoms with E-state index in [1.54, 1.807) is 48.0 Å². The lowest BCUT2D eigenvalue weighted by Gasteiger charge is -2.09. The lowest BCUT2D eigenvalue weighted by molar-refractivity contribution is -0.116. The van der Waals surface area contributed by atoms with E-state index in [9.17, 15) is 9.59 Å². The zero-order valence-corrected chi connectivity index (χ0v) is 19.7. The number of nitrogens with zero attached hydrogens (tertiary/aromatic N) is 3. The van der Waals surface area contributed by atoms with Crippen LogP contribution in [0.15, 0.2) is 41.6 Å². The molecule has 2 amide bonds. The predicted octanol–water partition coefficient (Wildman–Crippen LogP) is 5.00. The van der Waals surface area contributed by atoms with Crippen molar-refractivity contribution in [1.29, 1.82) is 0 Å². The fourth-order valence-corrected chi connectivity index (χ4v) is 3.81. The Morgan fingerprint density at radius 2 is 1.77 bits per heavy atom. The summed E-state index contributed by atoms with van der Waals surface area (Å²) in [4.78, 5) is 24.6. The van der Waals surface area contributed by atoms with Gasteiger partial charge in [-0.15, -0.1) is 10.2 Å². The van der Waals surface area contributed by atoms with Gasteiger partial charge in [-0.05, 0) is 42.8 Å². The second-order valence-electron chi connectivity index (χ2n) is 6.56. The molecule has 0 aliphatic rings. The van der Waals surface area contributed by atoms with Gasteiger partial charge in [0.2, 0.25) is 11.8 Å². The second kappa shape index (κ2) is 10.4. The van der Waals surface area contributed by atoms with Gasteiger partial charge in [0.15, 0.2) is 5.16 Å². The molecule has 1 aromatic heterocycles. The molecule has 0 spiro atoms. The first-order chi connectivity index (χ1) is 14.7. The maximum absolute atomic E-state index is 12.3. The minimum atomic E-state index is -0.278. The second-order valence-corrected chi connectivity index (χ2v) is 8.73. The van der Waals surface area contributed by atoms with Crippen LogP contribution in [-0.2, 0) is 23.1 Å². The molecule has 0 saturated heterocycles. The highest BCUT2D eigenvalue weighted by atomic mass is 35.5. The van der Waals surface area contributed by atoms with Crippen LogP contribution in [0.5, 0.6) is 0 Å². The van der Waals surface area contributed by atoms with E-state index in [4.69, 9.17) is 34.8 Å². The van der Waals surface area contributed by atoms with E-state index in [2.05, 4.69) is 20.8 Å². The zero-order chi connectivity index (χ0) is 22.5. The molecule has 0 aliphatic heterocycles. The van der Waals surface area contributed by atoms with Crippen LogP contribution in [0.2, 0.25) is 15.1 Å². The third-order valence-corrected chi connectivity index (χ3v) is 6.49. The quantitative estimate of drug-likeness (QED) is 0.448. The molecule has 2 aromatic carbocycles. The van der Waals surface area contributed by atoms with E-state index in [-0.39, 0.29) is 24.0 Å². The van der Waals surface area contributed by atoms with Crippen LogP contribution in [-0.4, -0.2) is 32.3 Å². The van der Waals surface area contributed by atoms with Gasteiger partial charge in [-0.2, -0.15) is 0 Å². The summed E-state index contributed by atoms with van der Waals surface area (Å²) in [5, 5.41) is 15.6. The number of anilines is 2. The Kier molecular flexibility index (Phi) is 7.83. The number of rotatable bonds is 7. The van der Waals surface area contributed by atoms with Crippen LogP contribution < -0.4 is 10.6 Å². The molecule has 0 radical (unpaired) electrons. The number of hydrogen-bond acceptors (Lipinski definition) is 5. The molecule has 0 saturated carbocycles. The molecule has 2 N–H and O–H groups in total. The normalized spacial score (nSPS) is 10.7. The van der Waals surface area contributed by atoms with E-state index in [1.807, 2.05) is 6.92 Å². The van der Waals surface area contributed by atoms with Crippen LogP contribution in [0.3, 0.4) is 0 Å². The standard InChI is InChI=1S/C20H18Cl3N5O2S/c1-11-13(21)4-3-5-16(11)25-19(30)10-31-20-27-26-17(28(20)2)9-18(29)24-12-6-7-14(22)15(23)8-12/h3-8H,9-10H2,1-2H3,(H,24,29)(H,25,30). The largest absolute Gasteiger partial charge is 0.326 e. The molecule has 31 heavy (non-hydrogen) atoms. The molecule has 7 nitrogen and oxygen atoms in total. The molecule has 3 aromatic rings. The van der Waals surface area contributed by atoms with Crippen LogP contribution in [0.1, 0.15) is 11.4 Å². The number of benzene rings is 2. The number of halogens is 3. The van der Waals surface area contributed by atoms with Gasteiger partial charge in [0.05, 0.1) is 22.2 Å². The lowest BCUT2D eigenvalue weighted by atomic mass is 10.2. The van der Waals surface area contributed by atoms with Crippen molar-refractivity contribution in [2.75, 3.05) is 16.4 Å². The third-order valence-electron chi connectivity index (χ3n) is 4.32. The van der Waals surface area contributed by atoms with Gasteiger partial charge in [-0.25, -0.2) is 0 Å². The Morgan fingerprint density at radius 1 is 1.00 bits per heavy atom. The first kappa shape index (κ1) is 23.4. The van der Waals surface area contributed by atoms with E-state index in [0.29, 0.717) is 37.4 Å². The number of carbonyl (C=O) groups excluding carboxylic acids is 2. The fourth-order valence-electron chi connectivity index (χ4n) is 2.61. The number of amides is 2. The summed E-state index contributed by atoms with van der Waals surface area (Å²) < 4.78 is 1.68. The molecule has 0 aliphatic carbocycles. The molecule has 0 fully saturated rings. The van der Waals surface area contributed by atoms with Gasteiger partial charge >= 0.3 is 0 Å². The van der Waals surface area contributed by atoms with Gasteiger partial charge in [0.1, 0.15) is 5.82 Å². The van der Waals surface area contributed by atoms with Crippen LogP contribution in [0, 0.1) is 6.92 Å². The highest BCUT2D eigenvalue weighted by molar-refractivity contribution is 7.99. The molecule has 3 rings (SSSR count). The van der Waals surface area contributed by atoms with Gasteiger partial charge < -0.3 is 15.2 Å². The summed E-state index contributed by atoms with van der Waals surface area (Å²) in [5.74, 6) is 0.121. The topological polar surface area (TPSA) is 88.9 Å². The maximum atomic E-state index is 12.3. The summed E-state index contributed by atoms with van der Waals surface area (Å²) >= 11 is 19.1. The number of hydrogen-bond donors (Lipinski definition) is 2. The van der Waals surface area contributed by atoms with Crippen molar-refractivity contribution >= 4 is 69.8 Å². The number of nitrogens with one attached hydrogen (secondary N) is 2. The third kappa shape index (κ3) is 6.13. The zero-order valence-electron chi connectivity index (χ0n) is 16.6. The van der Waals surface area contributed by atoms with E-state index >= 15 is 0 Å². The summed E-state index contributed by atoms with van der Waals surface area (Å²) in [7, 11) is 1.74. The smallest absolute Gasteiger partial charge is 0.234 e. The Bertz CT molecular complexity index is 1140. The average Bonchev–Trinajstić information content (AvgIpc) is 3.06. The Morgan fingerprint density at radius 3 is 2.52 bits per heavy atom. The minimum absolute atomic E-state index is 0.0121. The minimum Gasteiger partial charge on any atom is -0.326 e. The van der Waals surface area contributed by atoms with Crippen molar-refractivity contribution in [3.05, 3.63) is 62.9 Å². The highest BCUT2D eigenvalue weighted by Crippen LogP contribution is 2.25. The first-order valence-electron chi connectivity index (χ1n) is 9.05. The van der Waals surface area contributed by atoms with Crippen molar-refractivity contribution in [2.24, 2.45) is 7.05 Å². The average molecular weight is 499 g/mol. The molecule has 0 atom stereocenters. The van der Waals surface area contributed by atoms with Gasteiger partial charge in [0, 0.05) is 23.4 Å². The Labute approximate surface area is 198 Å². The fraction of sp³-hybridized carbons (Fsp3) is 0.200. The number of carbonyl (C=O) groups is 2. The van der Waals surface area contributed by atoms with Crippen LogP contribution in [0.25, 0.3) is 0 Å². The first-order valence-corrected chi connectivity index (χ1v) is 11.2. The number of aromatic nitrogens is 3. The molecule has 11 heteroatoms. The van der Waals surface area contributed by atoms with Gasteiger partial charge in [-0.3, -0.25) is 9.59 Å². The predicted molar refractivity (Wildman–Crippen MR) is 125 cm³/mol. The SMILES string of the molecule is Cc1c(Cl)cccc1NC(=O)CSc1nnc(CC(=O)Nc2ccc(Cl)c(Cl)c2)n1C.